The number of nitrogens with zero attached hydrogens (tertiary/aromatic N) is 3. The fourth-order valence-corrected chi connectivity index (χ4v) is 3.33. The van der Waals surface area contributed by atoms with Gasteiger partial charge in [0.2, 0.25) is 11.8 Å². The molecule has 1 aromatic heterocycles. The van der Waals surface area contributed by atoms with Crippen molar-refractivity contribution in [1.82, 2.24) is 20.5 Å². The van der Waals surface area contributed by atoms with Gasteiger partial charge in [0.1, 0.15) is 12.3 Å². The standard InChI is InChI=1S/C21H38N6O2.HI/c1-5-23-20(26-15-18-25-14-17(29-18)21(2,3)4)24-10-6-7-11-27-12-8-16(9-13-27)19(22)28;/h14,16H,5-13,15H2,1-4H3,(H2,22,28)(H2,23,24,26);1H. The van der Waals surface area contributed by atoms with Crippen LogP contribution in [0.3, 0.4) is 0 Å². The third-order valence-corrected chi connectivity index (χ3v) is 5.19. The fourth-order valence-electron chi connectivity index (χ4n) is 3.33. The molecule has 2 rings (SSSR count). The molecule has 2 heterocycles. The van der Waals surface area contributed by atoms with Gasteiger partial charge in [-0.25, -0.2) is 9.98 Å². The Hall–Kier alpha value is -1.36. The second-order valence-electron chi connectivity index (χ2n) is 8.72. The van der Waals surface area contributed by atoms with E-state index < -0.39 is 0 Å². The third-order valence-electron chi connectivity index (χ3n) is 5.19. The van der Waals surface area contributed by atoms with Gasteiger partial charge in [-0.3, -0.25) is 4.79 Å². The zero-order valence-electron chi connectivity index (χ0n) is 18.9. The molecule has 0 bridgehead atoms. The molecule has 1 aromatic rings. The van der Waals surface area contributed by atoms with Crippen molar-refractivity contribution in [1.29, 1.82) is 0 Å². The minimum atomic E-state index is -0.150. The number of amides is 1. The molecule has 0 aromatic carbocycles. The first kappa shape index (κ1) is 26.7. The summed E-state index contributed by atoms with van der Waals surface area (Å²) < 4.78 is 5.80. The van der Waals surface area contributed by atoms with Gasteiger partial charge in [-0.05, 0) is 52.2 Å². The molecule has 0 spiro atoms. The second-order valence-corrected chi connectivity index (χ2v) is 8.72. The Morgan fingerprint density at radius 3 is 2.57 bits per heavy atom. The second kappa shape index (κ2) is 13.1. The molecule has 0 saturated carbocycles. The summed E-state index contributed by atoms with van der Waals surface area (Å²) in [6.07, 6.45) is 5.75. The summed E-state index contributed by atoms with van der Waals surface area (Å²) >= 11 is 0. The normalized spacial score (nSPS) is 16.2. The van der Waals surface area contributed by atoms with Gasteiger partial charge in [-0.1, -0.05) is 20.8 Å². The number of nitrogens with two attached hydrogens (primary N) is 1. The molecule has 9 heteroatoms. The maximum absolute atomic E-state index is 11.2. The molecule has 1 aliphatic rings. The summed E-state index contributed by atoms with van der Waals surface area (Å²) in [4.78, 5) is 22.6. The first-order valence-electron chi connectivity index (χ1n) is 10.8. The van der Waals surface area contributed by atoms with Gasteiger partial charge < -0.3 is 25.7 Å². The zero-order chi connectivity index (χ0) is 21.3. The number of unbranched alkanes of at least 4 members (excludes halogenated alkanes) is 1. The number of oxazole rings is 1. The summed E-state index contributed by atoms with van der Waals surface area (Å²) in [7, 11) is 0. The lowest BCUT2D eigenvalue weighted by molar-refractivity contribution is -0.123. The molecule has 8 nitrogen and oxygen atoms in total. The van der Waals surface area contributed by atoms with Crippen molar-refractivity contribution in [2.45, 2.75) is 65.3 Å². The predicted octanol–water partition coefficient (Wildman–Crippen LogP) is 2.62. The Labute approximate surface area is 197 Å². The molecular formula is C21H39IN6O2. The van der Waals surface area contributed by atoms with Crippen LogP contribution in [0.1, 0.15) is 65.0 Å². The van der Waals surface area contributed by atoms with Crippen molar-refractivity contribution < 1.29 is 9.21 Å². The maximum atomic E-state index is 11.2. The molecule has 172 valence electrons. The number of primary amides is 1. The van der Waals surface area contributed by atoms with Gasteiger partial charge in [-0.15, -0.1) is 24.0 Å². The number of aromatic nitrogens is 1. The van der Waals surface area contributed by atoms with Crippen LogP contribution in [0.2, 0.25) is 0 Å². The van der Waals surface area contributed by atoms with E-state index in [0.717, 1.165) is 70.1 Å². The lowest BCUT2D eigenvalue weighted by Gasteiger charge is -2.30. The van der Waals surface area contributed by atoms with Crippen LogP contribution in [-0.2, 0) is 16.8 Å². The lowest BCUT2D eigenvalue weighted by Crippen LogP contribution is -2.39. The number of carbonyl (C=O) groups is 1. The molecule has 1 saturated heterocycles. The summed E-state index contributed by atoms with van der Waals surface area (Å²) in [5.41, 5.74) is 5.35. The highest BCUT2D eigenvalue weighted by molar-refractivity contribution is 14.0. The highest BCUT2D eigenvalue weighted by Crippen LogP contribution is 2.22. The van der Waals surface area contributed by atoms with E-state index in [4.69, 9.17) is 10.2 Å². The number of rotatable bonds is 9. The van der Waals surface area contributed by atoms with Gasteiger partial charge in [0.05, 0.1) is 6.20 Å². The SMILES string of the molecule is CCNC(=NCc1ncc(C(C)(C)C)o1)NCCCCN1CCC(C(N)=O)CC1.I. The van der Waals surface area contributed by atoms with Crippen molar-refractivity contribution in [3.63, 3.8) is 0 Å². The van der Waals surface area contributed by atoms with Crippen LogP contribution in [0.5, 0.6) is 0 Å². The van der Waals surface area contributed by atoms with Gasteiger partial charge in [0, 0.05) is 24.4 Å². The number of halogens is 1. The van der Waals surface area contributed by atoms with E-state index >= 15 is 0 Å². The smallest absolute Gasteiger partial charge is 0.220 e. The summed E-state index contributed by atoms with van der Waals surface area (Å²) in [6.45, 7) is 13.4. The molecular weight excluding hydrogens is 495 g/mol. The lowest BCUT2D eigenvalue weighted by atomic mass is 9.94. The topological polar surface area (TPSA) is 109 Å². The van der Waals surface area contributed by atoms with Crippen molar-refractivity contribution in [2.75, 3.05) is 32.7 Å². The minimum Gasteiger partial charge on any atom is -0.443 e. The monoisotopic (exact) mass is 534 g/mol. The number of nitrogens with one attached hydrogen (secondary N) is 2. The number of likely N-dealkylation sites (tertiary alicyclic amines) is 1. The summed E-state index contributed by atoms with van der Waals surface area (Å²) in [5, 5.41) is 6.64. The van der Waals surface area contributed by atoms with Crippen molar-refractivity contribution in [3.8, 4) is 0 Å². The van der Waals surface area contributed by atoms with Crippen LogP contribution in [0.15, 0.2) is 15.6 Å². The fraction of sp³-hybridized carbons (Fsp3) is 0.762. The Morgan fingerprint density at radius 2 is 2.00 bits per heavy atom. The number of hydrogen-bond donors (Lipinski definition) is 3. The molecule has 1 aliphatic heterocycles. The highest BCUT2D eigenvalue weighted by atomic mass is 127. The van der Waals surface area contributed by atoms with Crippen molar-refractivity contribution >= 4 is 35.8 Å². The number of piperidine rings is 1. The molecule has 0 atom stereocenters. The first-order chi connectivity index (χ1) is 13.8. The molecule has 1 fully saturated rings. The predicted molar refractivity (Wildman–Crippen MR) is 131 cm³/mol. The zero-order valence-corrected chi connectivity index (χ0v) is 21.2. The van der Waals surface area contributed by atoms with Crippen molar-refractivity contribution in [2.24, 2.45) is 16.6 Å². The van der Waals surface area contributed by atoms with Crippen LogP contribution in [0, 0.1) is 5.92 Å². The summed E-state index contributed by atoms with van der Waals surface area (Å²) in [6, 6.07) is 0. The number of carbonyl (C=O) groups excluding carboxylic acids is 1. The molecule has 0 aliphatic carbocycles. The average molecular weight is 534 g/mol. The van der Waals surface area contributed by atoms with Gasteiger partial charge in [0.25, 0.3) is 0 Å². The Kier molecular flexibility index (Phi) is 11.7. The van der Waals surface area contributed by atoms with E-state index in [1.54, 1.807) is 6.20 Å². The average Bonchev–Trinajstić information content (AvgIpc) is 3.15. The molecule has 1 amide bonds. The molecule has 4 N–H and O–H groups in total. The van der Waals surface area contributed by atoms with E-state index in [2.05, 4.69) is 53.2 Å². The van der Waals surface area contributed by atoms with E-state index in [0.29, 0.717) is 12.4 Å². The van der Waals surface area contributed by atoms with Gasteiger partial charge >= 0.3 is 0 Å². The van der Waals surface area contributed by atoms with Crippen LogP contribution < -0.4 is 16.4 Å². The Balaban J connectivity index is 0.00000450. The molecule has 30 heavy (non-hydrogen) atoms. The van der Waals surface area contributed by atoms with Gasteiger partial charge in [-0.2, -0.15) is 0 Å². The molecule has 0 radical (unpaired) electrons. The third kappa shape index (κ3) is 9.20. The van der Waals surface area contributed by atoms with Crippen molar-refractivity contribution in [3.05, 3.63) is 17.8 Å². The Morgan fingerprint density at radius 1 is 1.30 bits per heavy atom. The number of hydrogen-bond acceptors (Lipinski definition) is 5. The van der Waals surface area contributed by atoms with E-state index in [1.165, 1.54) is 0 Å². The Bertz CT molecular complexity index is 663. The summed E-state index contributed by atoms with van der Waals surface area (Å²) in [5.74, 6) is 2.20. The van der Waals surface area contributed by atoms with Crippen LogP contribution in [0.25, 0.3) is 0 Å². The van der Waals surface area contributed by atoms with Crippen LogP contribution in [0.4, 0.5) is 0 Å². The first-order valence-corrected chi connectivity index (χ1v) is 10.8. The largest absolute Gasteiger partial charge is 0.443 e. The van der Waals surface area contributed by atoms with Crippen LogP contribution in [-0.4, -0.2) is 54.5 Å². The number of aliphatic imine (C=N–C) groups is 1. The quantitative estimate of drug-likeness (QED) is 0.195. The van der Waals surface area contributed by atoms with E-state index in [9.17, 15) is 4.79 Å². The maximum Gasteiger partial charge on any atom is 0.220 e. The van der Waals surface area contributed by atoms with E-state index in [1.807, 2.05) is 0 Å². The highest BCUT2D eigenvalue weighted by Gasteiger charge is 2.22. The van der Waals surface area contributed by atoms with Gasteiger partial charge in [0.15, 0.2) is 5.96 Å². The van der Waals surface area contributed by atoms with E-state index in [-0.39, 0.29) is 41.2 Å². The number of guanidine groups is 1. The molecule has 0 unspecified atom stereocenters. The minimum absolute atomic E-state index is 0. The van der Waals surface area contributed by atoms with Crippen LogP contribution >= 0.6 is 24.0 Å².